The third-order valence-electron chi connectivity index (χ3n) is 5.08. The topological polar surface area (TPSA) is 76.3 Å². The molecule has 1 amide bonds. The normalized spacial score (nSPS) is 10.9. The van der Waals surface area contributed by atoms with Crippen LogP contribution in [0.5, 0.6) is 0 Å². The van der Waals surface area contributed by atoms with E-state index in [1.807, 2.05) is 62.3 Å². The highest BCUT2D eigenvalue weighted by molar-refractivity contribution is 7.17. The molecule has 0 bridgehead atoms. The zero-order chi connectivity index (χ0) is 22.1. The number of aryl methyl sites for hydroxylation is 1. The number of carbonyl (C=O) groups is 1. The number of hydrogen-bond donors (Lipinski definition) is 1. The van der Waals surface area contributed by atoms with E-state index in [9.17, 15) is 14.4 Å². The van der Waals surface area contributed by atoms with Gasteiger partial charge in [-0.1, -0.05) is 18.2 Å². The summed E-state index contributed by atoms with van der Waals surface area (Å²) in [6.45, 7) is 1.64. The first-order valence-corrected chi connectivity index (χ1v) is 10.6. The van der Waals surface area contributed by atoms with Crippen molar-refractivity contribution < 1.29 is 4.79 Å². The molecule has 8 heteroatoms. The predicted octanol–water partition coefficient (Wildman–Crippen LogP) is 3.23. The minimum Gasteiger partial charge on any atom is -0.378 e. The van der Waals surface area contributed by atoms with Gasteiger partial charge >= 0.3 is 5.69 Å². The van der Waals surface area contributed by atoms with Gasteiger partial charge in [0, 0.05) is 25.5 Å². The number of aromatic nitrogens is 2. The number of hydrogen-bond acceptors (Lipinski definition) is 5. The molecule has 0 fully saturated rings. The summed E-state index contributed by atoms with van der Waals surface area (Å²) in [6, 6.07) is 16.3. The summed E-state index contributed by atoms with van der Waals surface area (Å²) in [5.74, 6) is -0.345. The van der Waals surface area contributed by atoms with Gasteiger partial charge in [-0.3, -0.25) is 14.2 Å². The molecule has 4 aromatic rings. The quantitative estimate of drug-likeness (QED) is 0.523. The van der Waals surface area contributed by atoms with Crippen molar-refractivity contribution in [3.05, 3.63) is 86.4 Å². The first-order chi connectivity index (χ1) is 14.9. The predicted molar refractivity (Wildman–Crippen MR) is 126 cm³/mol. The lowest BCUT2D eigenvalue weighted by Gasteiger charge is -2.15. The highest BCUT2D eigenvalue weighted by Crippen LogP contribution is 2.19. The van der Waals surface area contributed by atoms with E-state index in [1.54, 1.807) is 23.6 Å². The molecule has 31 heavy (non-hydrogen) atoms. The number of carbonyl (C=O) groups excluding carboxylic acids is 1. The fourth-order valence-corrected chi connectivity index (χ4v) is 4.28. The van der Waals surface area contributed by atoms with Crippen molar-refractivity contribution in [3.8, 4) is 5.69 Å². The van der Waals surface area contributed by atoms with Gasteiger partial charge in [-0.2, -0.15) is 0 Å². The Morgan fingerprint density at radius 2 is 1.74 bits per heavy atom. The number of benzene rings is 2. The summed E-state index contributed by atoms with van der Waals surface area (Å²) in [6.07, 6.45) is 0. The third kappa shape index (κ3) is 3.89. The van der Waals surface area contributed by atoms with Crippen LogP contribution < -0.4 is 21.5 Å². The van der Waals surface area contributed by atoms with Crippen LogP contribution in [0.1, 0.15) is 5.56 Å². The fourth-order valence-electron chi connectivity index (χ4n) is 3.45. The van der Waals surface area contributed by atoms with Crippen LogP contribution in [0.2, 0.25) is 0 Å². The van der Waals surface area contributed by atoms with Crippen LogP contribution in [0.3, 0.4) is 0 Å². The van der Waals surface area contributed by atoms with Crippen LogP contribution in [-0.2, 0) is 11.3 Å². The van der Waals surface area contributed by atoms with Crippen molar-refractivity contribution in [1.82, 2.24) is 9.13 Å². The molecule has 0 aliphatic heterocycles. The second kappa shape index (κ2) is 8.23. The van der Waals surface area contributed by atoms with Gasteiger partial charge in [0.25, 0.3) is 5.56 Å². The molecule has 0 aliphatic rings. The van der Waals surface area contributed by atoms with E-state index >= 15 is 0 Å². The van der Waals surface area contributed by atoms with Crippen molar-refractivity contribution in [2.24, 2.45) is 0 Å². The Bertz CT molecular complexity index is 1380. The minimum absolute atomic E-state index is 0.201. The molecule has 0 saturated heterocycles. The average Bonchev–Trinajstić information content (AvgIpc) is 3.23. The lowest BCUT2D eigenvalue weighted by Crippen LogP contribution is -2.40. The third-order valence-corrected chi connectivity index (χ3v) is 5.97. The molecule has 4 rings (SSSR count). The molecule has 0 atom stereocenters. The molecule has 0 spiro atoms. The van der Waals surface area contributed by atoms with Crippen LogP contribution >= 0.6 is 11.3 Å². The molecular weight excluding hydrogens is 412 g/mol. The van der Waals surface area contributed by atoms with E-state index < -0.39 is 5.69 Å². The Morgan fingerprint density at radius 1 is 1.03 bits per heavy atom. The molecule has 0 saturated carbocycles. The second-order valence-corrected chi connectivity index (χ2v) is 8.34. The Labute approximate surface area is 182 Å². The van der Waals surface area contributed by atoms with Gasteiger partial charge in [0.1, 0.15) is 11.2 Å². The van der Waals surface area contributed by atoms with Gasteiger partial charge in [-0.05, 0) is 54.3 Å². The molecule has 0 radical (unpaired) electrons. The molecule has 2 aromatic carbocycles. The molecule has 2 aromatic heterocycles. The summed E-state index contributed by atoms with van der Waals surface area (Å²) in [4.78, 5) is 41.1. The van der Waals surface area contributed by atoms with Crippen LogP contribution in [0.15, 0.2) is 69.6 Å². The van der Waals surface area contributed by atoms with E-state index in [1.165, 1.54) is 15.9 Å². The maximum atomic E-state index is 13.3. The largest absolute Gasteiger partial charge is 0.378 e. The Hall–Kier alpha value is -3.65. The lowest BCUT2D eigenvalue weighted by atomic mass is 10.2. The van der Waals surface area contributed by atoms with Crippen molar-refractivity contribution >= 4 is 38.8 Å². The summed E-state index contributed by atoms with van der Waals surface area (Å²) in [5.41, 5.74) is 2.51. The molecule has 2 heterocycles. The van der Waals surface area contributed by atoms with Crippen molar-refractivity contribution in [1.29, 1.82) is 0 Å². The highest BCUT2D eigenvalue weighted by atomic mass is 32.1. The summed E-state index contributed by atoms with van der Waals surface area (Å²) >= 11 is 1.26. The standard InChI is InChI=1S/C23H22N4O3S/c1-15-6-4-5-7-18(15)27-22(29)21-19(12-13-31-21)26(23(27)30)14-20(28)24-16-8-10-17(11-9-16)25(2)3/h4-13H,14H2,1-3H3,(H,24,28). The molecular formula is C23H22N4O3S. The maximum absolute atomic E-state index is 13.3. The first-order valence-electron chi connectivity index (χ1n) is 9.73. The molecule has 0 aliphatic carbocycles. The zero-order valence-electron chi connectivity index (χ0n) is 17.5. The summed E-state index contributed by atoms with van der Waals surface area (Å²) in [5, 5.41) is 4.58. The van der Waals surface area contributed by atoms with E-state index in [-0.39, 0.29) is 18.0 Å². The van der Waals surface area contributed by atoms with Crippen LogP contribution in [0.4, 0.5) is 11.4 Å². The van der Waals surface area contributed by atoms with Crippen molar-refractivity contribution in [3.63, 3.8) is 0 Å². The van der Waals surface area contributed by atoms with Gasteiger partial charge < -0.3 is 10.2 Å². The number of amides is 1. The SMILES string of the molecule is Cc1ccccc1-n1c(=O)c2sccc2n(CC(=O)Nc2ccc(N(C)C)cc2)c1=O. The Morgan fingerprint density at radius 3 is 2.42 bits per heavy atom. The van der Waals surface area contributed by atoms with E-state index in [0.717, 1.165) is 15.8 Å². The molecule has 0 unspecified atom stereocenters. The van der Waals surface area contributed by atoms with Crippen LogP contribution in [-0.4, -0.2) is 29.1 Å². The lowest BCUT2D eigenvalue weighted by molar-refractivity contribution is -0.116. The average molecular weight is 435 g/mol. The molecule has 1 N–H and O–H groups in total. The Kier molecular flexibility index (Phi) is 5.48. The number of nitrogens with one attached hydrogen (secondary N) is 1. The number of thiophene rings is 1. The number of fused-ring (bicyclic) bond motifs is 1. The molecule has 7 nitrogen and oxygen atoms in total. The number of rotatable bonds is 5. The minimum atomic E-state index is -0.539. The number of para-hydroxylation sites is 1. The van der Waals surface area contributed by atoms with Gasteiger partial charge in [-0.25, -0.2) is 9.36 Å². The molecule has 158 valence electrons. The monoisotopic (exact) mass is 434 g/mol. The maximum Gasteiger partial charge on any atom is 0.336 e. The summed E-state index contributed by atoms with van der Waals surface area (Å²) < 4.78 is 2.93. The zero-order valence-corrected chi connectivity index (χ0v) is 18.3. The second-order valence-electron chi connectivity index (χ2n) is 7.42. The van der Waals surface area contributed by atoms with E-state index in [4.69, 9.17) is 0 Å². The van der Waals surface area contributed by atoms with Gasteiger partial charge in [0.2, 0.25) is 5.91 Å². The summed E-state index contributed by atoms with van der Waals surface area (Å²) in [7, 11) is 3.88. The van der Waals surface area contributed by atoms with E-state index in [2.05, 4.69) is 5.32 Å². The van der Waals surface area contributed by atoms with Crippen LogP contribution in [0, 0.1) is 6.92 Å². The highest BCUT2D eigenvalue weighted by Gasteiger charge is 2.18. The van der Waals surface area contributed by atoms with Crippen molar-refractivity contribution in [2.45, 2.75) is 13.5 Å². The van der Waals surface area contributed by atoms with E-state index in [0.29, 0.717) is 21.6 Å². The first kappa shape index (κ1) is 20.6. The van der Waals surface area contributed by atoms with Gasteiger partial charge in [0.15, 0.2) is 0 Å². The smallest absolute Gasteiger partial charge is 0.336 e. The van der Waals surface area contributed by atoms with Gasteiger partial charge in [-0.15, -0.1) is 11.3 Å². The van der Waals surface area contributed by atoms with Crippen molar-refractivity contribution in [2.75, 3.05) is 24.3 Å². The number of anilines is 2. The van der Waals surface area contributed by atoms with Crippen LogP contribution in [0.25, 0.3) is 15.9 Å². The number of nitrogens with zero attached hydrogens (tertiary/aromatic N) is 3. The van der Waals surface area contributed by atoms with Gasteiger partial charge in [0.05, 0.1) is 11.2 Å². The fraction of sp³-hybridized carbons (Fsp3) is 0.174. The Balaban J connectivity index is 1.73.